The van der Waals surface area contributed by atoms with Crippen molar-refractivity contribution in [2.24, 2.45) is 5.10 Å². The molecule has 0 aliphatic heterocycles. The molecule has 0 saturated carbocycles. The van der Waals surface area contributed by atoms with Gasteiger partial charge >= 0.3 is 0 Å². The number of hydrogen-bond acceptors (Lipinski definition) is 6. The van der Waals surface area contributed by atoms with Crippen LogP contribution in [0.3, 0.4) is 0 Å². The number of methoxy groups -OCH3 is 1. The molecule has 1 atom stereocenters. The van der Waals surface area contributed by atoms with Crippen LogP contribution in [0.2, 0.25) is 0 Å². The van der Waals surface area contributed by atoms with E-state index in [1.165, 1.54) is 42.3 Å². The number of aromatic nitrogens is 2. The van der Waals surface area contributed by atoms with Gasteiger partial charge in [-0.05, 0) is 76.9 Å². The number of ether oxygens (including phenoxy) is 2. The van der Waals surface area contributed by atoms with E-state index in [1.54, 1.807) is 24.3 Å². The number of nitrogens with zero attached hydrogens (tertiary/aromatic N) is 3. The van der Waals surface area contributed by atoms with Gasteiger partial charge in [-0.15, -0.1) is 0 Å². The van der Waals surface area contributed by atoms with Gasteiger partial charge in [0.05, 0.1) is 24.2 Å². The first-order valence-electron chi connectivity index (χ1n) is 12.0. The Bertz CT molecular complexity index is 1610. The number of nitrogens with one attached hydrogen (secondary N) is 1. The maximum atomic E-state index is 13.4. The first kappa shape index (κ1) is 28.4. The Kier molecular flexibility index (Phi) is 9.13. The lowest BCUT2D eigenvalue weighted by atomic mass is 10.1. The van der Waals surface area contributed by atoms with Gasteiger partial charge in [-0.1, -0.05) is 29.8 Å². The average Bonchev–Trinajstić information content (AvgIpc) is 2.93. The average molecular weight is 660 g/mol. The Balaban J connectivity index is 1.60. The Hall–Kier alpha value is -3.57. The number of carbonyl (C=O) groups excluding carboxylic acids is 1. The monoisotopic (exact) mass is 658 g/mol. The fraction of sp³-hybridized carbons (Fsp3) is 0.214. The molecule has 0 aliphatic rings. The zero-order chi connectivity index (χ0) is 28.1. The van der Waals surface area contributed by atoms with E-state index in [-0.39, 0.29) is 18.1 Å². The summed E-state index contributed by atoms with van der Waals surface area (Å²) in [6, 6.07) is 14.1. The number of halogens is 3. The normalized spacial score (nSPS) is 12.1. The molecule has 8 nitrogen and oxygen atoms in total. The van der Waals surface area contributed by atoms with Crippen LogP contribution in [-0.2, 0) is 4.79 Å². The van der Waals surface area contributed by atoms with Crippen LogP contribution in [0, 0.1) is 5.82 Å². The number of rotatable bonds is 9. The molecule has 0 fully saturated rings. The lowest BCUT2D eigenvalue weighted by Gasteiger charge is -2.15. The summed E-state index contributed by atoms with van der Waals surface area (Å²) in [4.78, 5) is 30.4. The van der Waals surface area contributed by atoms with Crippen molar-refractivity contribution >= 4 is 60.6 Å². The first-order valence-corrected chi connectivity index (χ1v) is 13.6. The molecule has 202 valence electrons. The quantitative estimate of drug-likeness (QED) is 0.208. The number of benzene rings is 3. The summed E-state index contributed by atoms with van der Waals surface area (Å²) in [7, 11) is 1.48. The fourth-order valence-electron chi connectivity index (χ4n) is 3.69. The van der Waals surface area contributed by atoms with Crippen LogP contribution in [0.15, 0.2) is 73.4 Å². The van der Waals surface area contributed by atoms with Crippen LogP contribution >= 0.6 is 31.9 Å². The molecule has 11 heteroatoms. The maximum Gasteiger partial charge on any atom is 0.282 e. The van der Waals surface area contributed by atoms with E-state index < -0.39 is 11.7 Å². The molecule has 1 amide bonds. The molecule has 0 unspecified atom stereocenters. The van der Waals surface area contributed by atoms with Crippen molar-refractivity contribution in [2.45, 2.75) is 26.2 Å². The van der Waals surface area contributed by atoms with Gasteiger partial charge in [-0.3, -0.25) is 9.59 Å². The highest BCUT2D eigenvalue weighted by atomic mass is 79.9. The fourth-order valence-corrected chi connectivity index (χ4v) is 4.48. The summed E-state index contributed by atoms with van der Waals surface area (Å²) in [6.45, 7) is 3.73. The number of hydrogen-bond donors (Lipinski definition) is 1. The van der Waals surface area contributed by atoms with E-state index in [9.17, 15) is 14.0 Å². The Morgan fingerprint density at radius 1 is 1.15 bits per heavy atom. The number of fused-ring (bicyclic) bond motifs is 1. The molecular formula is C28H25Br2FN4O4. The van der Waals surface area contributed by atoms with E-state index in [0.717, 1.165) is 10.9 Å². The number of anilines is 1. The van der Waals surface area contributed by atoms with Crippen molar-refractivity contribution in [2.75, 3.05) is 19.0 Å². The van der Waals surface area contributed by atoms with Crippen LogP contribution in [0.4, 0.5) is 10.1 Å². The summed E-state index contributed by atoms with van der Waals surface area (Å²) in [5, 5.41) is 7.59. The first-order chi connectivity index (χ1) is 18.7. The second-order valence-electron chi connectivity index (χ2n) is 8.67. The Labute approximate surface area is 241 Å². The molecule has 1 heterocycles. The third-order valence-corrected chi connectivity index (χ3v) is 7.15. The highest BCUT2D eigenvalue weighted by Gasteiger charge is 2.17. The number of carbonyl (C=O) groups is 1. The van der Waals surface area contributed by atoms with Crippen LogP contribution < -0.4 is 20.3 Å². The molecule has 0 saturated heterocycles. The highest BCUT2D eigenvalue weighted by Crippen LogP contribution is 2.33. The van der Waals surface area contributed by atoms with Gasteiger partial charge < -0.3 is 14.8 Å². The molecule has 1 aromatic heterocycles. The topological polar surface area (TPSA) is 94.8 Å². The zero-order valence-corrected chi connectivity index (χ0v) is 24.5. The van der Waals surface area contributed by atoms with Gasteiger partial charge in [0.25, 0.3) is 11.5 Å². The molecule has 39 heavy (non-hydrogen) atoms. The summed E-state index contributed by atoms with van der Waals surface area (Å²) < 4.78 is 26.9. The van der Waals surface area contributed by atoms with E-state index in [0.29, 0.717) is 43.9 Å². The lowest BCUT2D eigenvalue weighted by molar-refractivity contribution is -0.118. The molecule has 4 aromatic rings. The van der Waals surface area contributed by atoms with E-state index in [4.69, 9.17) is 14.5 Å². The van der Waals surface area contributed by atoms with E-state index >= 15 is 0 Å². The molecule has 0 bridgehead atoms. The van der Waals surface area contributed by atoms with Gasteiger partial charge in [-0.2, -0.15) is 9.78 Å². The van der Waals surface area contributed by atoms with Crippen molar-refractivity contribution in [3.05, 3.63) is 91.1 Å². The minimum atomic E-state index is -0.419. The van der Waals surface area contributed by atoms with Gasteiger partial charge in [0.1, 0.15) is 11.6 Å². The van der Waals surface area contributed by atoms with Crippen LogP contribution in [0.25, 0.3) is 10.9 Å². The molecular weight excluding hydrogens is 635 g/mol. The third kappa shape index (κ3) is 6.72. The SMILES string of the molecule is CC[C@H](C)c1nc2ccc(Br)cc2c(=O)n1N=Cc1cc(OC)c(OCC(=O)Nc2ccc(F)cc2)cc1Br. The van der Waals surface area contributed by atoms with Crippen LogP contribution in [0.1, 0.15) is 37.6 Å². The minimum Gasteiger partial charge on any atom is -0.493 e. The predicted octanol–water partition coefficient (Wildman–Crippen LogP) is 6.48. The van der Waals surface area contributed by atoms with Gasteiger partial charge in [0.2, 0.25) is 0 Å². The second kappa shape index (κ2) is 12.5. The van der Waals surface area contributed by atoms with Gasteiger partial charge in [-0.25, -0.2) is 9.37 Å². The van der Waals surface area contributed by atoms with Crippen LogP contribution in [-0.4, -0.2) is 35.5 Å². The molecule has 1 N–H and O–H groups in total. The standard InChI is InChI=1S/C28H25Br2FN4O4/c1-4-16(2)27-34-23-10-5-18(29)12-21(23)28(37)35(27)32-14-17-11-24(38-3)25(13-22(17)30)39-15-26(36)33-20-8-6-19(31)7-9-20/h5-14,16H,4,15H2,1-3H3,(H,33,36)/t16-/m0/s1. The maximum absolute atomic E-state index is 13.4. The highest BCUT2D eigenvalue weighted by molar-refractivity contribution is 9.10. The van der Waals surface area contributed by atoms with Crippen molar-refractivity contribution in [3.8, 4) is 11.5 Å². The second-order valence-corrected chi connectivity index (χ2v) is 10.4. The van der Waals surface area contributed by atoms with Crippen LogP contribution in [0.5, 0.6) is 11.5 Å². The Morgan fingerprint density at radius 3 is 2.59 bits per heavy atom. The lowest BCUT2D eigenvalue weighted by Crippen LogP contribution is -2.23. The third-order valence-electron chi connectivity index (χ3n) is 5.97. The number of amides is 1. The predicted molar refractivity (Wildman–Crippen MR) is 157 cm³/mol. The van der Waals surface area contributed by atoms with Gasteiger partial charge in [0, 0.05) is 26.1 Å². The van der Waals surface area contributed by atoms with Crippen molar-refractivity contribution < 1.29 is 18.7 Å². The zero-order valence-electron chi connectivity index (χ0n) is 21.4. The minimum absolute atomic E-state index is 0.00212. The summed E-state index contributed by atoms with van der Waals surface area (Å²) in [5.74, 6) is 0.433. The van der Waals surface area contributed by atoms with Crippen molar-refractivity contribution in [3.63, 3.8) is 0 Å². The van der Waals surface area contributed by atoms with Crippen molar-refractivity contribution in [1.82, 2.24) is 9.66 Å². The largest absolute Gasteiger partial charge is 0.493 e. The van der Waals surface area contributed by atoms with E-state index in [1.807, 2.05) is 19.9 Å². The Morgan fingerprint density at radius 2 is 1.90 bits per heavy atom. The summed E-state index contributed by atoms with van der Waals surface area (Å²) >= 11 is 6.92. The summed E-state index contributed by atoms with van der Waals surface area (Å²) in [5.41, 5.74) is 1.40. The molecule has 0 spiro atoms. The smallest absolute Gasteiger partial charge is 0.282 e. The van der Waals surface area contributed by atoms with E-state index in [2.05, 4.69) is 42.3 Å². The van der Waals surface area contributed by atoms with Crippen molar-refractivity contribution in [1.29, 1.82) is 0 Å². The van der Waals surface area contributed by atoms with Gasteiger partial charge in [0.15, 0.2) is 18.1 Å². The summed E-state index contributed by atoms with van der Waals surface area (Å²) in [6.07, 6.45) is 2.32. The molecule has 0 aliphatic carbocycles. The molecule has 3 aromatic carbocycles. The molecule has 0 radical (unpaired) electrons. The molecule has 4 rings (SSSR count).